The van der Waals surface area contributed by atoms with Crippen molar-refractivity contribution in [1.82, 2.24) is 0 Å². The van der Waals surface area contributed by atoms with E-state index in [1.54, 1.807) is 54.6 Å². The SMILES string of the molecule is COC(=O)c1ccc2cc(C(=O)Nc3cc(C)ccc3O)ccc2c1. The number of phenolic OH excluding ortho intramolecular Hbond substituents is 1. The molecule has 5 heteroatoms. The van der Waals surface area contributed by atoms with Crippen LogP contribution in [0.4, 0.5) is 5.69 Å². The number of hydrogen-bond acceptors (Lipinski definition) is 4. The number of benzene rings is 3. The van der Waals surface area contributed by atoms with Crippen LogP contribution in [-0.2, 0) is 4.74 Å². The first-order valence-electron chi connectivity index (χ1n) is 7.71. The van der Waals surface area contributed by atoms with E-state index in [4.69, 9.17) is 4.74 Å². The quantitative estimate of drug-likeness (QED) is 0.562. The van der Waals surface area contributed by atoms with Crippen molar-refractivity contribution in [1.29, 1.82) is 0 Å². The van der Waals surface area contributed by atoms with Crippen molar-refractivity contribution < 1.29 is 19.4 Å². The van der Waals surface area contributed by atoms with Crippen LogP contribution in [0.15, 0.2) is 54.6 Å². The Hall–Kier alpha value is -3.34. The average Bonchev–Trinajstić information content (AvgIpc) is 2.63. The minimum absolute atomic E-state index is 0.0162. The third-order valence-corrected chi connectivity index (χ3v) is 3.92. The number of phenols is 1. The predicted octanol–water partition coefficient (Wildman–Crippen LogP) is 3.89. The second kappa shape index (κ2) is 6.65. The monoisotopic (exact) mass is 335 g/mol. The number of aryl methyl sites for hydroxylation is 1. The maximum Gasteiger partial charge on any atom is 0.337 e. The van der Waals surface area contributed by atoms with E-state index in [9.17, 15) is 14.7 Å². The zero-order chi connectivity index (χ0) is 18.0. The van der Waals surface area contributed by atoms with Gasteiger partial charge in [0.1, 0.15) is 5.75 Å². The third kappa shape index (κ3) is 3.45. The summed E-state index contributed by atoms with van der Waals surface area (Å²) in [6.07, 6.45) is 0. The average molecular weight is 335 g/mol. The van der Waals surface area contributed by atoms with Crippen molar-refractivity contribution in [2.45, 2.75) is 6.92 Å². The minimum Gasteiger partial charge on any atom is -0.506 e. The molecule has 0 aliphatic rings. The Kier molecular flexibility index (Phi) is 4.39. The Balaban J connectivity index is 1.89. The van der Waals surface area contributed by atoms with Gasteiger partial charge in [-0.3, -0.25) is 4.79 Å². The van der Waals surface area contributed by atoms with Gasteiger partial charge in [0.05, 0.1) is 18.4 Å². The van der Waals surface area contributed by atoms with Gasteiger partial charge in [0.25, 0.3) is 5.91 Å². The maximum atomic E-state index is 12.4. The second-order valence-corrected chi connectivity index (χ2v) is 5.74. The number of hydrogen-bond donors (Lipinski definition) is 2. The van der Waals surface area contributed by atoms with E-state index < -0.39 is 5.97 Å². The van der Waals surface area contributed by atoms with Gasteiger partial charge in [-0.1, -0.05) is 18.2 Å². The number of methoxy groups -OCH3 is 1. The number of carbonyl (C=O) groups excluding carboxylic acids is 2. The van der Waals surface area contributed by atoms with E-state index in [0.29, 0.717) is 16.8 Å². The van der Waals surface area contributed by atoms with Gasteiger partial charge in [-0.2, -0.15) is 0 Å². The fourth-order valence-electron chi connectivity index (χ4n) is 2.58. The van der Waals surface area contributed by atoms with Gasteiger partial charge in [-0.15, -0.1) is 0 Å². The summed E-state index contributed by atoms with van der Waals surface area (Å²) >= 11 is 0. The van der Waals surface area contributed by atoms with Gasteiger partial charge in [0, 0.05) is 5.56 Å². The highest BCUT2D eigenvalue weighted by Crippen LogP contribution is 2.25. The Labute approximate surface area is 144 Å². The molecular weight excluding hydrogens is 318 g/mol. The summed E-state index contributed by atoms with van der Waals surface area (Å²) in [5.41, 5.74) is 2.21. The van der Waals surface area contributed by atoms with Crippen LogP contribution in [0.25, 0.3) is 10.8 Å². The number of fused-ring (bicyclic) bond motifs is 1. The molecule has 2 N–H and O–H groups in total. The summed E-state index contributed by atoms with van der Waals surface area (Å²) < 4.78 is 4.71. The van der Waals surface area contributed by atoms with Crippen molar-refractivity contribution in [3.8, 4) is 5.75 Å². The molecule has 0 saturated carbocycles. The zero-order valence-electron chi connectivity index (χ0n) is 13.9. The number of esters is 1. The molecule has 0 fully saturated rings. The molecule has 0 aliphatic heterocycles. The molecule has 0 radical (unpaired) electrons. The highest BCUT2D eigenvalue weighted by Gasteiger charge is 2.11. The molecule has 0 aliphatic carbocycles. The van der Waals surface area contributed by atoms with Crippen molar-refractivity contribution >= 4 is 28.3 Å². The Morgan fingerprint density at radius 2 is 1.56 bits per heavy atom. The number of carbonyl (C=O) groups is 2. The highest BCUT2D eigenvalue weighted by molar-refractivity contribution is 6.07. The molecule has 3 rings (SSSR count). The summed E-state index contributed by atoms with van der Waals surface area (Å²) in [5, 5.41) is 14.2. The standard InChI is InChI=1S/C20H17NO4/c1-12-3-8-18(22)17(9-12)21-19(23)15-6-4-14-11-16(20(24)25-2)7-5-13(14)10-15/h3-11,22H,1-2H3,(H,21,23). The van der Waals surface area contributed by atoms with Gasteiger partial charge in [0.2, 0.25) is 0 Å². The maximum absolute atomic E-state index is 12.4. The lowest BCUT2D eigenvalue weighted by Gasteiger charge is -2.09. The first kappa shape index (κ1) is 16.5. The van der Waals surface area contributed by atoms with Crippen LogP contribution >= 0.6 is 0 Å². The summed E-state index contributed by atoms with van der Waals surface area (Å²) in [6.45, 7) is 1.88. The van der Waals surface area contributed by atoms with Crippen LogP contribution in [0, 0.1) is 6.92 Å². The minimum atomic E-state index is -0.404. The van der Waals surface area contributed by atoms with Gasteiger partial charge >= 0.3 is 5.97 Å². The molecule has 5 nitrogen and oxygen atoms in total. The first-order valence-corrected chi connectivity index (χ1v) is 7.71. The molecule has 3 aromatic carbocycles. The number of rotatable bonds is 3. The van der Waals surface area contributed by atoms with E-state index in [-0.39, 0.29) is 11.7 Å². The summed E-state index contributed by atoms with van der Waals surface area (Å²) in [6, 6.07) is 15.3. The summed E-state index contributed by atoms with van der Waals surface area (Å²) in [4.78, 5) is 24.0. The lowest BCUT2D eigenvalue weighted by Crippen LogP contribution is -2.12. The van der Waals surface area contributed by atoms with Crippen LogP contribution in [0.1, 0.15) is 26.3 Å². The number of anilines is 1. The van der Waals surface area contributed by atoms with Gasteiger partial charge in [-0.25, -0.2) is 4.79 Å². The van der Waals surface area contributed by atoms with Crippen LogP contribution in [0.5, 0.6) is 5.75 Å². The molecule has 0 aromatic heterocycles. The van der Waals surface area contributed by atoms with Crippen molar-refractivity contribution in [2.75, 3.05) is 12.4 Å². The Morgan fingerprint density at radius 3 is 2.24 bits per heavy atom. The number of aromatic hydroxyl groups is 1. The molecular formula is C20H17NO4. The van der Waals surface area contributed by atoms with Crippen LogP contribution < -0.4 is 5.32 Å². The molecule has 0 spiro atoms. The molecule has 0 heterocycles. The fourth-order valence-corrected chi connectivity index (χ4v) is 2.58. The van der Waals surface area contributed by atoms with Crippen LogP contribution in [0.2, 0.25) is 0 Å². The predicted molar refractivity (Wildman–Crippen MR) is 96.1 cm³/mol. The number of ether oxygens (including phenoxy) is 1. The van der Waals surface area contributed by atoms with E-state index in [1.807, 2.05) is 6.92 Å². The number of nitrogens with one attached hydrogen (secondary N) is 1. The normalized spacial score (nSPS) is 10.5. The number of amides is 1. The van der Waals surface area contributed by atoms with Gasteiger partial charge in [0.15, 0.2) is 0 Å². The largest absolute Gasteiger partial charge is 0.506 e. The fraction of sp³-hybridized carbons (Fsp3) is 0.100. The molecule has 126 valence electrons. The third-order valence-electron chi connectivity index (χ3n) is 3.92. The lowest BCUT2D eigenvalue weighted by molar-refractivity contribution is 0.0600. The van der Waals surface area contributed by atoms with Gasteiger partial charge in [-0.05, 0) is 59.7 Å². The van der Waals surface area contributed by atoms with E-state index >= 15 is 0 Å². The zero-order valence-corrected chi connectivity index (χ0v) is 13.9. The molecule has 1 amide bonds. The van der Waals surface area contributed by atoms with Crippen LogP contribution in [0.3, 0.4) is 0 Å². The Bertz CT molecular complexity index is 979. The van der Waals surface area contributed by atoms with Crippen molar-refractivity contribution in [2.24, 2.45) is 0 Å². The molecule has 0 atom stereocenters. The van der Waals surface area contributed by atoms with E-state index in [0.717, 1.165) is 16.3 Å². The molecule has 0 unspecified atom stereocenters. The van der Waals surface area contributed by atoms with Crippen molar-refractivity contribution in [3.63, 3.8) is 0 Å². The van der Waals surface area contributed by atoms with Crippen LogP contribution in [-0.4, -0.2) is 24.1 Å². The smallest absolute Gasteiger partial charge is 0.337 e. The van der Waals surface area contributed by atoms with Gasteiger partial charge < -0.3 is 15.2 Å². The highest BCUT2D eigenvalue weighted by atomic mass is 16.5. The van der Waals surface area contributed by atoms with E-state index in [1.165, 1.54) is 7.11 Å². The lowest BCUT2D eigenvalue weighted by atomic mass is 10.0. The topological polar surface area (TPSA) is 75.6 Å². The summed E-state index contributed by atoms with van der Waals surface area (Å²) in [7, 11) is 1.33. The Morgan fingerprint density at radius 1 is 0.920 bits per heavy atom. The molecule has 0 saturated heterocycles. The summed E-state index contributed by atoms with van der Waals surface area (Å²) in [5.74, 6) is -0.707. The molecule has 3 aromatic rings. The molecule has 25 heavy (non-hydrogen) atoms. The molecule has 0 bridgehead atoms. The van der Waals surface area contributed by atoms with Crippen molar-refractivity contribution in [3.05, 3.63) is 71.3 Å². The first-order chi connectivity index (χ1) is 12.0. The van der Waals surface area contributed by atoms with E-state index in [2.05, 4.69) is 5.32 Å². The second-order valence-electron chi connectivity index (χ2n) is 5.74.